The normalized spacial score (nSPS) is 20.5. The third-order valence-corrected chi connectivity index (χ3v) is 3.95. The molecular weight excluding hydrogens is 324 g/mol. The van der Waals surface area contributed by atoms with E-state index < -0.39 is 0 Å². The number of rotatable bonds is 4. The highest BCUT2D eigenvalue weighted by Gasteiger charge is 2.26. The van der Waals surface area contributed by atoms with Crippen LogP contribution >= 0.6 is 0 Å². The molecule has 2 atom stereocenters. The highest BCUT2D eigenvalue weighted by atomic mass is 16.5. The average molecular weight is 346 g/mol. The summed E-state index contributed by atoms with van der Waals surface area (Å²) in [6.07, 6.45) is 4.61. The molecule has 1 saturated heterocycles. The Morgan fingerprint density at radius 2 is 2.04 bits per heavy atom. The predicted molar refractivity (Wildman–Crippen MR) is 90.2 cm³/mol. The second-order valence-corrected chi connectivity index (χ2v) is 6.38. The van der Waals surface area contributed by atoms with Crippen LogP contribution < -0.4 is 5.32 Å². The molecule has 0 aromatic carbocycles. The van der Waals surface area contributed by atoms with Gasteiger partial charge in [-0.1, -0.05) is 0 Å². The number of amides is 2. The maximum Gasteiger partial charge on any atom is 0.259 e. The smallest absolute Gasteiger partial charge is 0.259 e. The summed E-state index contributed by atoms with van der Waals surface area (Å²) >= 11 is 0. The van der Waals surface area contributed by atoms with Gasteiger partial charge in [-0.15, -0.1) is 0 Å². The number of ether oxygens (including phenoxy) is 1. The Labute approximate surface area is 145 Å². The summed E-state index contributed by atoms with van der Waals surface area (Å²) in [5.41, 5.74) is 0.970. The lowest BCUT2D eigenvalue weighted by atomic mass is 10.2. The van der Waals surface area contributed by atoms with Gasteiger partial charge in [0.25, 0.3) is 5.91 Å². The van der Waals surface area contributed by atoms with Gasteiger partial charge < -0.3 is 19.4 Å². The zero-order valence-electron chi connectivity index (χ0n) is 14.6. The Morgan fingerprint density at radius 1 is 1.32 bits per heavy atom. The first-order valence-corrected chi connectivity index (χ1v) is 8.23. The SMILES string of the molecule is Cc1cc(C(=O)Nc2cnn(CC(=O)N3C[C@@H](C)O[C@@H](C)C3)c2)co1. The van der Waals surface area contributed by atoms with Gasteiger partial charge in [-0.05, 0) is 26.8 Å². The maximum absolute atomic E-state index is 12.4. The Kier molecular flexibility index (Phi) is 4.89. The molecule has 1 N–H and O–H groups in total. The summed E-state index contributed by atoms with van der Waals surface area (Å²) in [6, 6.07) is 1.66. The summed E-state index contributed by atoms with van der Waals surface area (Å²) in [4.78, 5) is 26.3. The molecule has 2 aromatic rings. The van der Waals surface area contributed by atoms with Crippen molar-refractivity contribution in [1.82, 2.24) is 14.7 Å². The quantitative estimate of drug-likeness (QED) is 0.910. The molecule has 0 unspecified atom stereocenters. The van der Waals surface area contributed by atoms with Gasteiger partial charge in [-0.3, -0.25) is 14.3 Å². The number of hydrogen-bond acceptors (Lipinski definition) is 5. The molecule has 0 aliphatic carbocycles. The van der Waals surface area contributed by atoms with Crippen molar-refractivity contribution in [3.63, 3.8) is 0 Å². The minimum absolute atomic E-state index is 0.0200. The van der Waals surface area contributed by atoms with E-state index in [0.29, 0.717) is 30.1 Å². The van der Waals surface area contributed by atoms with Crippen LogP contribution in [0.15, 0.2) is 29.1 Å². The first-order chi connectivity index (χ1) is 11.9. The van der Waals surface area contributed by atoms with Crippen LogP contribution in [0, 0.1) is 6.92 Å². The molecule has 3 heterocycles. The molecule has 1 aliphatic rings. The highest BCUT2D eigenvalue weighted by Crippen LogP contribution is 2.13. The van der Waals surface area contributed by atoms with E-state index in [0.717, 1.165) is 0 Å². The van der Waals surface area contributed by atoms with Crippen molar-refractivity contribution in [2.75, 3.05) is 18.4 Å². The largest absolute Gasteiger partial charge is 0.469 e. The lowest BCUT2D eigenvalue weighted by Gasteiger charge is -2.35. The third-order valence-electron chi connectivity index (χ3n) is 3.95. The molecule has 1 aliphatic heterocycles. The molecule has 8 nitrogen and oxygen atoms in total. The topological polar surface area (TPSA) is 89.6 Å². The zero-order chi connectivity index (χ0) is 18.0. The first kappa shape index (κ1) is 17.2. The Balaban J connectivity index is 1.58. The molecule has 0 bridgehead atoms. The van der Waals surface area contributed by atoms with E-state index in [1.54, 1.807) is 24.1 Å². The minimum atomic E-state index is -0.279. The molecule has 0 radical (unpaired) electrons. The fourth-order valence-corrected chi connectivity index (χ4v) is 2.90. The van der Waals surface area contributed by atoms with E-state index in [1.165, 1.54) is 17.1 Å². The van der Waals surface area contributed by atoms with Crippen LogP contribution in [0.4, 0.5) is 5.69 Å². The van der Waals surface area contributed by atoms with Crippen LogP contribution in [0.2, 0.25) is 0 Å². The number of nitrogens with one attached hydrogen (secondary N) is 1. The molecule has 25 heavy (non-hydrogen) atoms. The Morgan fingerprint density at radius 3 is 2.68 bits per heavy atom. The molecule has 3 rings (SSSR count). The van der Waals surface area contributed by atoms with Crippen LogP contribution in [0.25, 0.3) is 0 Å². The van der Waals surface area contributed by atoms with Gasteiger partial charge in [0.2, 0.25) is 5.91 Å². The Bertz CT molecular complexity index is 756. The number of nitrogens with zero attached hydrogens (tertiary/aromatic N) is 3. The monoisotopic (exact) mass is 346 g/mol. The lowest BCUT2D eigenvalue weighted by Crippen LogP contribution is -2.49. The number of hydrogen-bond donors (Lipinski definition) is 1. The molecule has 0 spiro atoms. The third kappa shape index (κ3) is 4.27. The zero-order valence-corrected chi connectivity index (χ0v) is 14.6. The number of aromatic nitrogens is 2. The van der Waals surface area contributed by atoms with Crippen molar-refractivity contribution >= 4 is 17.5 Å². The van der Waals surface area contributed by atoms with Gasteiger partial charge in [0.15, 0.2) is 0 Å². The van der Waals surface area contributed by atoms with E-state index in [4.69, 9.17) is 9.15 Å². The van der Waals surface area contributed by atoms with Gasteiger partial charge >= 0.3 is 0 Å². The summed E-state index contributed by atoms with van der Waals surface area (Å²) in [7, 11) is 0. The summed E-state index contributed by atoms with van der Waals surface area (Å²) in [6.45, 7) is 6.96. The van der Waals surface area contributed by atoms with Crippen molar-refractivity contribution in [3.8, 4) is 0 Å². The van der Waals surface area contributed by atoms with Crippen LogP contribution in [-0.2, 0) is 16.1 Å². The fraction of sp³-hybridized carbons (Fsp3) is 0.471. The van der Waals surface area contributed by atoms with Crippen LogP contribution in [0.1, 0.15) is 30.0 Å². The van der Waals surface area contributed by atoms with Gasteiger partial charge in [-0.2, -0.15) is 5.10 Å². The number of carbonyl (C=O) groups is 2. The van der Waals surface area contributed by atoms with Gasteiger partial charge in [0, 0.05) is 19.3 Å². The second-order valence-electron chi connectivity index (χ2n) is 6.38. The maximum atomic E-state index is 12.4. The Hall–Kier alpha value is -2.61. The molecule has 134 valence electrons. The number of anilines is 1. The highest BCUT2D eigenvalue weighted by molar-refractivity contribution is 6.04. The van der Waals surface area contributed by atoms with Crippen molar-refractivity contribution in [3.05, 3.63) is 36.0 Å². The van der Waals surface area contributed by atoms with Crippen molar-refractivity contribution in [2.45, 2.75) is 39.5 Å². The molecular formula is C17H22N4O4. The fourth-order valence-electron chi connectivity index (χ4n) is 2.90. The molecule has 2 aromatic heterocycles. The minimum Gasteiger partial charge on any atom is -0.469 e. The molecule has 2 amide bonds. The second kappa shape index (κ2) is 7.10. The lowest BCUT2D eigenvalue weighted by molar-refractivity contribution is -0.144. The van der Waals surface area contributed by atoms with Crippen LogP contribution in [0.5, 0.6) is 0 Å². The van der Waals surface area contributed by atoms with Crippen LogP contribution in [0.3, 0.4) is 0 Å². The number of morpholine rings is 1. The predicted octanol–water partition coefficient (Wildman–Crippen LogP) is 1.67. The molecule has 1 fully saturated rings. The van der Waals surface area contributed by atoms with E-state index in [-0.39, 0.29) is 30.6 Å². The van der Waals surface area contributed by atoms with Gasteiger partial charge in [-0.25, -0.2) is 0 Å². The molecule has 8 heteroatoms. The van der Waals surface area contributed by atoms with E-state index in [9.17, 15) is 9.59 Å². The average Bonchev–Trinajstić information content (AvgIpc) is 3.15. The summed E-state index contributed by atoms with van der Waals surface area (Å²) in [5, 5.41) is 6.87. The first-order valence-electron chi connectivity index (χ1n) is 8.23. The van der Waals surface area contributed by atoms with Crippen molar-refractivity contribution in [1.29, 1.82) is 0 Å². The van der Waals surface area contributed by atoms with Crippen molar-refractivity contribution < 1.29 is 18.7 Å². The van der Waals surface area contributed by atoms with Gasteiger partial charge in [0.1, 0.15) is 18.6 Å². The van der Waals surface area contributed by atoms with Crippen molar-refractivity contribution in [2.24, 2.45) is 0 Å². The molecule has 0 saturated carbocycles. The van der Waals surface area contributed by atoms with Crippen LogP contribution in [-0.4, -0.2) is 51.8 Å². The van der Waals surface area contributed by atoms with E-state index in [2.05, 4.69) is 10.4 Å². The summed E-state index contributed by atoms with van der Waals surface area (Å²) < 4.78 is 12.3. The van der Waals surface area contributed by atoms with E-state index in [1.807, 2.05) is 13.8 Å². The number of aryl methyl sites for hydroxylation is 1. The number of carbonyl (C=O) groups excluding carboxylic acids is 2. The van der Waals surface area contributed by atoms with E-state index >= 15 is 0 Å². The summed E-state index contributed by atoms with van der Waals surface area (Å²) in [5.74, 6) is 0.368. The standard InChI is InChI=1S/C17H22N4O4/c1-11-4-14(10-24-11)17(23)19-15-5-18-21(8-15)9-16(22)20-6-12(2)25-13(3)7-20/h4-5,8,10,12-13H,6-7,9H2,1-3H3,(H,19,23)/t12-,13+. The van der Waals surface area contributed by atoms with Gasteiger partial charge in [0.05, 0.1) is 29.7 Å². The number of furan rings is 1.